The summed E-state index contributed by atoms with van der Waals surface area (Å²) in [5.41, 5.74) is 5.02. The Balaban J connectivity index is 1.77. The van der Waals surface area contributed by atoms with E-state index in [0.29, 0.717) is 17.9 Å². The molecule has 0 bridgehead atoms. The number of ether oxygens (including phenoxy) is 1. The molecule has 0 unspecified atom stereocenters. The van der Waals surface area contributed by atoms with E-state index in [1.54, 1.807) is 7.11 Å². The van der Waals surface area contributed by atoms with Gasteiger partial charge in [-0.3, -0.25) is 4.79 Å². The number of hydrogen-bond donors (Lipinski definition) is 0. The molecule has 1 aliphatic heterocycles. The van der Waals surface area contributed by atoms with Crippen molar-refractivity contribution in [2.45, 2.75) is 26.7 Å². The SMILES string of the molecule is COc1ccc2oc(C(=O)N3CCCc4cc(C)ccc43)c(C)c2c1. The number of rotatable bonds is 2. The zero-order valence-corrected chi connectivity index (χ0v) is 14.8. The van der Waals surface area contributed by atoms with Crippen LogP contribution in [0.3, 0.4) is 0 Å². The lowest BCUT2D eigenvalue weighted by Crippen LogP contribution is -2.35. The molecule has 0 spiro atoms. The molecule has 0 aliphatic carbocycles. The summed E-state index contributed by atoms with van der Waals surface area (Å²) in [7, 11) is 1.63. The van der Waals surface area contributed by atoms with E-state index >= 15 is 0 Å². The largest absolute Gasteiger partial charge is 0.497 e. The number of aryl methyl sites for hydroxylation is 3. The maximum atomic E-state index is 13.2. The number of methoxy groups -OCH3 is 1. The summed E-state index contributed by atoms with van der Waals surface area (Å²) in [5, 5.41) is 0.920. The molecule has 0 saturated heterocycles. The normalized spacial score (nSPS) is 13.8. The lowest BCUT2D eigenvalue weighted by Gasteiger charge is -2.29. The van der Waals surface area contributed by atoms with Crippen LogP contribution in [-0.2, 0) is 6.42 Å². The van der Waals surface area contributed by atoms with Crippen LogP contribution in [0.2, 0.25) is 0 Å². The van der Waals surface area contributed by atoms with Gasteiger partial charge in [0.05, 0.1) is 7.11 Å². The second-order valence-corrected chi connectivity index (χ2v) is 6.61. The van der Waals surface area contributed by atoms with E-state index in [4.69, 9.17) is 9.15 Å². The lowest BCUT2D eigenvalue weighted by atomic mass is 9.99. The van der Waals surface area contributed by atoms with Gasteiger partial charge in [-0.05, 0) is 56.5 Å². The van der Waals surface area contributed by atoms with Crippen LogP contribution in [0, 0.1) is 13.8 Å². The Kier molecular flexibility index (Phi) is 3.75. The van der Waals surface area contributed by atoms with Crippen molar-refractivity contribution in [3.63, 3.8) is 0 Å². The van der Waals surface area contributed by atoms with Gasteiger partial charge in [0.1, 0.15) is 11.3 Å². The minimum Gasteiger partial charge on any atom is -0.497 e. The van der Waals surface area contributed by atoms with Gasteiger partial charge >= 0.3 is 0 Å². The van der Waals surface area contributed by atoms with Crippen LogP contribution >= 0.6 is 0 Å². The Morgan fingerprint density at radius 3 is 2.80 bits per heavy atom. The van der Waals surface area contributed by atoms with E-state index in [-0.39, 0.29) is 5.91 Å². The Morgan fingerprint density at radius 1 is 1.16 bits per heavy atom. The number of carbonyl (C=O) groups is 1. The van der Waals surface area contributed by atoms with Crippen molar-refractivity contribution in [3.05, 3.63) is 58.8 Å². The molecule has 128 valence electrons. The van der Waals surface area contributed by atoms with Crippen molar-refractivity contribution >= 4 is 22.6 Å². The average Bonchev–Trinajstić information content (AvgIpc) is 2.96. The molecule has 0 atom stereocenters. The predicted octanol–water partition coefficient (Wildman–Crippen LogP) is 4.65. The monoisotopic (exact) mass is 335 g/mol. The smallest absolute Gasteiger partial charge is 0.294 e. The summed E-state index contributed by atoms with van der Waals surface area (Å²) in [4.78, 5) is 15.0. The molecule has 0 saturated carbocycles. The van der Waals surface area contributed by atoms with E-state index in [1.807, 2.05) is 36.1 Å². The molecule has 2 heterocycles. The highest BCUT2D eigenvalue weighted by Crippen LogP contribution is 2.33. The maximum Gasteiger partial charge on any atom is 0.294 e. The third kappa shape index (κ3) is 2.58. The van der Waals surface area contributed by atoms with Crippen LogP contribution in [0.5, 0.6) is 5.75 Å². The van der Waals surface area contributed by atoms with E-state index < -0.39 is 0 Å². The van der Waals surface area contributed by atoms with E-state index in [9.17, 15) is 4.79 Å². The minimum atomic E-state index is -0.0718. The predicted molar refractivity (Wildman–Crippen MR) is 98.7 cm³/mol. The highest BCUT2D eigenvalue weighted by Gasteiger charge is 2.28. The van der Waals surface area contributed by atoms with Gasteiger partial charge in [-0.2, -0.15) is 0 Å². The van der Waals surface area contributed by atoms with Crippen molar-refractivity contribution in [1.29, 1.82) is 0 Å². The highest BCUT2D eigenvalue weighted by molar-refractivity contribution is 6.08. The molecule has 1 amide bonds. The molecule has 0 fully saturated rings. The molecule has 1 aromatic heterocycles. The van der Waals surface area contributed by atoms with Gasteiger partial charge in [0.25, 0.3) is 5.91 Å². The standard InChI is InChI=1S/C21H21NO3/c1-13-6-8-18-15(11-13)5-4-10-22(18)21(23)20-14(2)17-12-16(24-3)7-9-19(17)25-20/h6-9,11-12H,4-5,10H2,1-3H3. The van der Waals surface area contributed by atoms with Crippen LogP contribution in [0.25, 0.3) is 11.0 Å². The highest BCUT2D eigenvalue weighted by atomic mass is 16.5. The summed E-state index contributed by atoms with van der Waals surface area (Å²) in [6.07, 6.45) is 1.98. The summed E-state index contributed by atoms with van der Waals surface area (Å²) >= 11 is 0. The van der Waals surface area contributed by atoms with Crippen molar-refractivity contribution in [2.24, 2.45) is 0 Å². The lowest BCUT2D eigenvalue weighted by molar-refractivity contribution is 0.0959. The van der Waals surface area contributed by atoms with Gasteiger partial charge in [0.15, 0.2) is 5.76 Å². The third-order valence-corrected chi connectivity index (χ3v) is 4.94. The molecule has 25 heavy (non-hydrogen) atoms. The summed E-state index contributed by atoms with van der Waals surface area (Å²) in [5.74, 6) is 1.10. The van der Waals surface area contributed by atoms with Crippen LogP contribution in [0.15, 0.2) is 40.8 Å². The van der Waals surface area contributed by atoms with Gasteiger partial charge < -0.3 is 14.1 Å². The number of carbonyl (C=O) groups excluding carboxylic acids is 1. The Hall–Kier alpha value is -2.75. The first-order chi connectivity index (χ1) is 12.1. The first-order valence-electron chi connectivity index (χ1n) is 8.57. The molecule has 0 radical (unpaired) electrons. The second-order valence-electron chi connectivity index (χ2n) is 6.61. The number of anilines is 1. The Morgan fingerprint density at radius 2 is 2.00 bits per heavy atom. The van der Waals surface area contributed by atoms with Crippen molar-refractivity contribution in [1.82, 2.24) is 0 Å². The number of amides is 1. The topological polar surface area (TPSA) is 42.7 Å². The maximum absolute atomic E-state index is 13.2. The Labute approximate surface area is 147 Å². The summed E-state index contributed by atoms with van der Waals surface area (Å²) in [6, 6.07) is 11.9. The summed E-state index contributed by atoms with van der Waals surface area (Å²) < 4.78 is 11.2. The molecule has 1 aliphatic rings. The first kappa shape index (κ1) is 15.8. The van der Waals surface area contributed by atoms with Gasteiger partial charge in [-0.15, -0.1) is 0 Å². The van der Waals surface area contributed by atoms with Crippen LogP contribution in [0.1, 0.15) is 33.7 Å². The number of benzene rings is 2. The van der Waals surface area contributed by atoms with Crippen LogP contribution in [0.4, 0.5) is 5.69 Å². The Bertz CT molecular complexity index is 971. The van der Waals surface area contributed by atoms with Gasteiger partial charge in [-0.1, -0.05) is 17.7 Å². The molecule has 4 heteroatoms. The number of furan rings is 1. The number of fused-ring (bicyclic) bond motifs is 2. The molecular formula is C21H21NO3. The van der Waals surface area contributed by atoms with Gasteiger partial charge in [0.2, 0.25) is 0 Å². The molecule has 3 aromatic rings. The van der Waals surface area contributed by atoms with E-state index in [1.165, 1.54) is 11.1 Å². The van der Waals surface area contributed by atoms with E-state index in [2.05, 4.69) is 19.1 Å². The fourth-order valence-electron chi connectivity index (χ4n) is 3.59. The molecule has 0 N–H and O–H groups in total. The van der Waals surface area contributed by atoms with Crippen molar-refractivity contribution in [2.75, 3.05) is 18.6 Å². The molecule has 4 nitrogen and oxygen atoms in total. The second kappa shape index (κ2) is 5.96. The van der Waals surface area contributed by atoms with Gasteiger partial charge in [0, 0.05) is 23.2 Å². The molecular weight excluding hydrogens is 314 g/mol. The van der Waals surface area contributed by atoms with Crippen LogP contribution in [-0.4, -0.2) is 19.6 Å². The quantitative estimate of drug-likeness (QED) is 0.684. The first-order valence-corrected chi connectivity index (χ1v) is 8.57. The zero-order valence-electron chi connectivity index (χ0n) is 14.8. The van der Waals surface area contributed by atoms with E-state index in [0.717, 1.165) is 35.2 Å². The third-order valence-electron chi connectivity index (χ3n) is 4.94. The van der Waals surface area contributed by atoms with Crippen molar-refractivity contribution < 1.29 is 13.9 Å². The zero-order chi connectivity index (χ0) is 17.6. The minimum absolute atomic E-state index is 0.0718. The van der Waals surface area contributed by atoms with Crippen LogP contribution < -0.4 is 9.64 Å². The van der Waals surface area contributed by atoms with Crippen molar-refractivity contribution in [3.8, 4) is 5.75 Å². The average molecular weight is 335 g/mol. The molecule has 4 rings (SSSR count). The van der Waals surface area contributed by atoms with Gasteiger partial charge in [-0.25, -0.2) is 0 Å². The summed E-state index contributed by atoms with van der Waals surface area (Å²) in [6.45, 7) is 4.73. The number of hydrogen-bond acceptors (Lipinski definition) is 3. The fourth-order valence-corrected chi connectivity index (χ4v) is 3.59. The molecule has 2 aromatic carbocycles. The number of nitrogens with zero attached hydrogens (tertiary/aromatic N) is 1. The fraction of sp³-hybridized carbons (Fsp3) is 0.286.